The summed E-state index contributed by atoms with van der Waals surface area (Å²) in [4.78, 5) is 0. The van der Waals surface area contributed by atoms with Gasteiger partial charge in [-0.3, -0.25) is 0 Å². The third-order valence-corrected chi connectivity index (χ3v) is 0. The van der Waals surface area contributed by atoms with Gasteiger partial charge in [0.05, 0.1) is 14.9 Å². The summed E-state index contributed by atoms with van der Waals surface area (Å²) in [6.07, 6.45) is 0. The summed E-state index contributed by atoms with van der Waals surface area (Å²) in [5.74, 6) is 0. The summed E-state index contributed by atoms with van der Waals surface area (Å²) in [5, 5.41) is 0. The maximum Gasteiger partial charge on any atom is 0.0777 e. The van der Waals surface area contributed by atoms with E-state index in [0.29, 0.717) is 0 Å². The SMILES string of the molecule is Br.[O-][Cl+3]([O-])([O-])O. The first-order valence-corrected chi connectivity index (χ1v) is 1.90. The smallest absolute Gasteiger partial charge is 0.0777 e. The lowest BCUT2D eigenvalue weighted by atomic mass is 15.8. The average Bonchev–Trinajstić information content (AvgIpc) is 0.722. The van der Waals surface area contributed by atoms with E-state index >= 15 is 0 Å². The molecule has 0 fully saturated rings. The number of rotatable bonds is 0. The van der Waals surface area contributed by atoms with E-state index in [0.717, 1.165) is 0 Å². The van der Waals surface area contributed by atoms with Gasteiger partial charge in [-0.05, 0) is 0 Å². The average molecular weight is 181 g/mol. The molecule has 0 rings (SSSR count). The molecule has 0 aromatic heterocycles. The fraction of sp³-hybridized carbons (Fsp3) is 0. The molecular weight excluding hydrogens is 179 g/mol. The Morgan fingerprint density at radius 2 is 1.17 bits per heavy atom. The minimum atomic E-state index is -4.69. The lowest BCUT2D eigenvalue weighted by molar-refractivity contribution is -1.92. The minimum Gasteiger partial charge on any atom is -0.183 e. The summed E-state index contributed by atoms with van der Waals surface area (Å²) >= 11 is 0. The van der Waals surface area contributed by atoms with E-state index in [1.165, 1.54) is 0 Å². The van der Waals surface area contributed by atoms with E-state index in [1.54, 1.807) is 0 Å². The Morgan fingerprint density at radius 3 is 1.17 bits per heavy atom. The lowest BCUT2D eigenvalue weighted by Crippen LogP contribution is -2.58. The van der Waals surface area contributed by atoms with Gasteiger partial charge in [-0.2, -0.15) is 14.0 Å². The first kappa shape index (κ1) is 9.79. The van der Waals surface area contributed by atoms with Gasteiger partial charge in [-0.1, -0.05) is 0 Å². The molecule has 0 unspecified atom stereocenters. The van der Waals surface area contributed by atoms with Crippen LogP contribution in [0, 0.1) is 10.2 Å². The molecule has 6 heteroatoms. The number of hydrogen-bond acceptors (Lipinski definition) is 4. The van der Waals surface area contributed by atoms with Crippen molar-refractivity contribution < 1.29 is 28.9 Å². The van der Waals surface area contributed by atoms with Crippen LogP contribution in [0.25, 0.3) is 0 Å². The topological polar surface area (TPSA) is 89.4 Å². The van der Waals surface area contributed by atoms with E-state index in [9.17, 15) is 0 Å². The van der Waals surface area contributed by atoms with E-state index in [-0.39, 0.29) is 17.0 Å². The van der Waals surface area contributed by atoms with E-state index < -0.39 is 10.2 Å². The molecule has 0 bridgehead atoms. The first-order valence-electron chi connectivity index (χ1n) is 0.632. The van der Waals surface area contributed by atoms with Crippen molar-refractivity contribution in [2.24, 2.45) is 0 Å². The van der Waals surface area contributed by atoms with Crippen LogP contribution in [0.2, 0.25) is 0 Å². The van der Waals surface area contributed by atoms with Crippen molar-refractivity contribution in [2.75, 3.05) is 0 Å². The molecule has 0 radical (unpaired) electrons. The predicted octanol–water partition coefficient (Wildman–Crippen LogP) is -3.55. The zero-order chi connectivity index (χ0) is 4.50. The molecule has 6 heavy (non-hydrogen) atoms. The molecule has 0 aromatic carbocycles. The van der Waals surface area contributed by atoms with Gasteiger partial charge in [0.2, 0.25) is 0 Å². The van der Waals surface area contributed by atoms with Crippen molar-refractivity contribution in [3.8, 4) is 0 Å². The molecule has 0 amide bonds. The Labute approximate surface area is 46.5 Å². The van der Waals surface area contributed by atoms with Crippen LogP contribution < -0.4 is 14.0 Å². The van der Waals surface area contributed by atoms with E-state index in [4.69, 9.17) is 18.6 Å². The quantitative estimate of drug-likeness (QED) is 0.419. The Kier molecular flexibility index (Phi) is 4.45. The van der Waals surface area contributed by atoms with Gasteiger partial charge in [0.25, 0.3) is 0 Å². The molecule has 0 saturated carbocycles. The molecule has 4 nitrogen and oxygen atoms in total. The predicted molar refractivity (Wildman–Crippen MR) is 12.5 cm³/mol. The first-order chi connectivity index (χ1) is 2.00. The van der Waals surface area contributed by atoms with Crippen LogP contribution in [0.3, 0.4) is 0 Å². The van der Waals surface area contributed by atoms with Gasteiger partial charge in [-0.25, -0.2) is 0 Å². The summed E-state index contributed by atoms with van der Waals surface area (Å²) in [5.41, 5.74) is 0. The van der Waals surface area contributed by atoms with Crippen molar-refractivity contribution in [3.63, 3.8) is 0 Å². The Bertz CT molecular complexity index is 23.0. The molecule has 0 aliphatic heterocycles. The maximum atomic E-state index is 8.60. The standard InChI is InChI=1S/BrH.ClHO4/c;2-1(3,4)5/h1H;(H,2,3,4,5). The van der Waals surface area contributed by atoms with Gasteiger partial charge in [0.1, 0.15) is 0 Å². The third-order valence-electron chi connectivity index (χ3n) is 0. The molecule has 0 spiro atoms. The maximum absolute atomic E-state index is 8.60. The Hall–Kier alpha value is 0.610. The fourth-order valence-corrected chi connectivity index (χ4v) is 0. The largest absolute Gasteiger partial charge is 0.183 e. The summed E-state index contributed by atoms with van der Waals surface area (Å²) in [6.45, 7) is 0. The van der Waals surface area contributed by atoms with E-state index in [1.807, 2.05) is 0 Å². The molecule has 0 aliphatic carbocycles. The number of hydrogen-bond donors (Lipinski definition) is 1. The van der Waals surface area contributed by atoms with Gasteiger partial charge >= 0.3 is 0 Å². The summed E-state index contributed by atoms with van der Waals surface area (Å²) in [6, 6.07) is 0. The zero-order valence-electron chi connectivity index (χ0n) is 2.46. The molecule has 1 N–H and O–H groups in total. The monoisotopic (exact) mass is 180 g/mol. The van der Waals surface area contributed by atoms with Crippen LogP contribution >= 0.6 is 17.0 Å². The molecule has 40 valence electrons. The second-order valence-corrected chi connectivity index (χ2v) is 1.19. The number of halogens is 2. The highest BCUT2D eigenvalue weighted by molar-refractivity contribution is 8.93. The molecule has 0 heterocycles. The molecular formula is H2BrClO4. The second kappa shape index (κ2) is 2.73. The van der Waals surface area contributed by atoms with Gasteiger partial charge in [0, 0.05) is 0 Å². The zero-order valence-corrected chi connectivity index (χ0v) is 4.93. The minimum absolute atomic E-state index is 0. The molecule has 0 aromatic rings. The summed E-state index contributed by atoms with van der Waals surface area (Å²) < 4.78 is 32.7. The van der Waals surface area contributed by atoms with Crippen LogP contribution in [0.1, 0.15) is 0 Å². The van der Waals surface area contributed by atoms with Crippen LogP contribution in [0.4, 0.5) is 0 Å². The highest BCUT2D eigenvalue weighted by atomic mass is 79.9. The Morgan fingerprint density at radius 1 is 1.17 bits per heavy atom. The van der Waals surface area contributed by atoms with Crippen molar-refractivity contribution in [3.05, 3.63) is 0 Å². The fourth-order valence-electron chi connectivity index (χ4n) is 0. The summed E-state index contributed by atoms with van der Waals surface area (Å²) in [7, 11) is -4.69. The van der Waals surface area contributed by atoms with Gasteiger partial charge in [0.15, 0.2) is 0 Å². The van der Waals surface area contributed by atoms with E-state index in [2.05, 4.69) is 0 Å². The second-order valence-electron chi connectivity index (χ2n) is 0.396. The molecule has 0 aliphatic rings. The van der Waals surface area contributed by atoms with Gasteiger partial charge < -0.3 is 0 Å². The third kappa shape index (κ3) is 161. The van der Waals surface area contributed by atoms with Gasteiger partial charge in [-0.15, -0.1) is 17.0 Å². The van der Waals surface area contributed by atoms with Crippen LogP contribution in [-0.2, 0) is 0 Å². The van der Waals surface area contributed by atoms with Crippen LogP contribution in [0.5, 0.6) is 0 Å². The van der Waals surface area contributed by atoms with Crippen molar-refractivity contribution in [2.45, 2.75) is 0 Å². The normalized spacial score (nSPS) is 10.0. The Balaban J connectivity index is 0. The van der Waals surface area contributed by atoms with Crippen molar-refractivity contribution >= 4 is 17.0 Å². The highest BCUT2D eigenvalue weighted by Gasteiger charge is 1.98. The van der Waals surface area contributed by atoms with Crippen LogP contribution in [0.15, 0.2) is 0 Å². The highest BCUT2D eigenvalue weighted by Crippen LogP contribution is 1.60. The van der Waals surface area contributed by atoms with Crippen molar-refractivity contribution in [1.82, 2.24) is 0 Å². The van der Waals surface area contributed by atoms with Crippen LogP contribution in [-0.4, -0.2) is 4.66 Å². The van der Waals surface area contributed by atoms with Crippen molar-refractivity contribution in [1.29, 1.82) is 0 Å². The molecule has 0 saturated heterocycles. The molecule has 0 atom stereocenters. The lowest BCUT2D eigenvalue weighted by Gasteiger charge is -2.03.